The van der Waals surface area contributed by atoms with Crippen LogP contribution in [0.2, 0.25) is 0 Å². The molecule has 5 aromatic rings. The van der Waals surface area contributed by atoms with Crippen molar-refractivity contribution in [2.75, 3.05) is 13.1 Å². The summed E-state index contributed by atoms with van der Waals surface area (Å²) in [7, 11) is 1.60. The van der Waals surface area contributed by atoms with E-state index in [1.165, 1.54) is 29.2 Å². The van der Waals surface area contributed by atoms with Gasteiger partial charge in [-0.3, -0.25) is 28.7 Å². The SMILES string of the molecule is CCNC(=O)c1nnc(-c2cc(C(C)C)c(O)cc2O)n1-c1ccc(C(=O)NCCCCCCC(C)(O[B][C@H](CC(C)C)NC(=O)[C@H](Cc2ccccc2)NC(=O)c2cnccn2)C(C)(C)O)cc1. The molecule has 1 unspecified atom stereocenters. The molecule has 2 aromatic heterocycles. The lowest BCUT2D eigenvalue weighted by atomic mass is 9.76. The Kier molecular flexibility index (Phi) is 19.0. The van der Waals surface area contributed by atoms with Crippen LogP contribution in [0.5, 0.6) is 11.5 Å². The molecule has 7 N–H and O–H groups in total. The Bertz CT molecular complexity index is 2480. The highest BCUT2D eigenvalue weighted by Gasteiger charge is 2.41. The summed E-state index contributed by atoms with van der Waals surface area (Å²) < 4.78 is 7.93. The maximum absolute atomic E-state index is 13.9. The minimum atomic E-state index is -1.25. The molecule has 0 spiro atoms. The van der Waals surface area contributed by atoms with E-state index in [1.54, 1.807) is 58.6 Å². The van der Waals surface area contributed by atoms with E-state index >= 15 is 0 Å². The van der Waals surface area contributed by atoms with E-state index in [2.05, 4.69) is 41.4 Å². The van der Waals surface area contributed by atoms with Crippen molar-refractivity contribution in [2.24, 2.45) is 5.92 Å². The fourth-order valence-electron chi connectivity index (χ4n) is 7.72. The number of benzene rings is 3. The van der Waals surface area contributed by atoms with E-state index in [9.17, 15) is 34.5 Å². The monoisotopic (exact) mass is 945 g/mol. The van der Waals surface area contributed by atoms with Gasteiger partial charge in [-0.15, -0.1) is 10.2 Å². The Morgan fingerprint density at radius 3 is 2.16 bits per heavy atom. The number of nitrogens with zero attached hydrogens (tertiary/aromatic N) is 5. The standard InChI is InChI=1S/C51H67BN9O8/c1-9-54-49(67)45-60-59-44(38-29-37(33(4)5)41(62)30-42(38)63)61(45)36-21-19-35(20-22-36)46(64)56-24-16-11-10-15-23-51(8,50(6,7)68)69-52-43(27-32(2)3)58-47(65)39(28-34-17-13-12-14-18-34)57-48(66)40-31-53-25-26-55-40/h12-14,17-22,25-26,29-33,39,43,62-63,68H,9-11,15-16,23-24,27-28H2,1-8H3,(H,54,67)(H,56,64)(H,57,66)(H,58,65)/t39-,43-,51?/m0/s1. The molecule has 3 aromatic carbocycles. The number of aliphatic hydroxyl groups is 1. The maximum Gasteiger partial charge on any atom is 0.317 e. The van der Waals surface area contributed by atoms with Gasteiger partial charge in [-0.05, 0) is 100 Å². The quantitative estimate of drug-likeness (QED) is 0.0249. The number of carbonyl (C=O) groups is 4. The predicted molar refractivity (Wildman–Crippen MR) is 264 cm³/mol. The minimum absolute atomic E-state index is 0.0123. The topological polar surface area (TPSA) is 243 Å². The first kappa shape index (κ1) is 53.3. The number of phenols is 2. The molecule has 367 valence electrons. The third-order valence-corrected chi connectivity index (χ3v) is 12.0. The molecule has 0 saturated heterocycles. The van der Waals surface area contributed by atoms with E-state index < -0.39 is 40.9 Å². The molecular formula is C51H67BN9O8. The van der Waals surface area contributed by atoms with Crippen molar-refractivity contribution < 1.29 is 39.2 Å². The second-order valence-electron chi connectivity index (χ2n) is 18.7. The van der Waals surface area contributed by atoms with Gasteiger partial charge in [0.2, 0.25) is 11.7 Å². The first-order chi connectivity index (χ1) is 32.8. The van der Waals surface area contributed by atoms with Gasteiger partial charge in [0.15, 0.2) is 5.82 Å². The number of nitrogens with one attached hydrogen (secondary N) is 4. The summed E-state index contributed by atoms with van der Waals surface area (Å²) in [4.78, 5) is 61.4. The Labute approximate surface area is 405 Å². The van der Waals surface area contributed by atoms with Crippen LogP contribution in [-0.2, 0) is 15.9 Å². The minimum Gasteiger partial charge on any atom is -0.508 e. The molecule has 0 saturated carbocycles. The zero-order valence-corrected chi connectivity index (χ0v) is 41.0. The lowest BCUT2D eigenvalue weighted by molar-refractivity contribution is -0.123. The zero-order chi connectivity index (χ0) is 50.3. The molecule has 3 atom stereocenters. The van der Waals surface area contributed by atoms with E-state index in [0.717, 1.165) is 24.8 Å². The van der Waals surface area contributed by atoms with Crippen LogP contribution in [-0.4, -0.2) is 107 Å². The van der Waals surface area contributed by atoms with E-state index in [-0.39, 0.29) is 58.6 Å². The fourth-order valence-corrected chi connectivity index (χ4v) is 7.72. The van der Waals surface area contributed by atoms with Crippen LogP contribution in [0.3, 0.4) is 0 Å². The number of amides is 4. The Morgan fingerprint density at radius 2 is 1.52 bits per heavy atom. The molecule has 0 aliphatic heterocycles. The zero-order valence-electron chi connectivity index (χ0n) is 41.0. The van der Waals surface area contributed by atoms with E-state index in [0.29, 0.717) is 49.2 Å². The molecule has 1 radical (unpaired) electrons. The number of carbonyl (C=O) groups excluding carboxylic acids is 4. The largest absolute Gasteiger partial charge is 0.508 e. The highest BCUT2D eigenvalue weighted by atomic mass is 16.5. The number of rotatable bonds is 25. The molecule has 0 aliphatic rings. The third-order valence-electron chi connectivity index (χ3n) is 12.0. The predicted octanol–water partition coefficient (Wildman–Crippen LogP) is 6.38. The number of phenolic OH excluding ortho intramolecular Hbond substituents is 2. The van der Waals surface area contributed by atoms with Crippen LogP contribution in [0.15, 0.2) is 85.3 Å². The van der Waals surface area contributed by atoms with Crippen molar-refractivity contribution in [2.45, 2.75) is 129 Å². The fraction of sp³-hybridized carbons (Fsp3) is 0.451. The average Bonchev–Trinajstić information content (AvgIpc) is 3.75. The highest BCUT2D eigenvalue weighted by molar-refractivity contribution is 6.30. The summed E-state index contributed by atoms with van der Waals surface area (Å²) in [6.45, 7) is 15.7. The lowest BCUT2D eigenvalue weighted by Gasteiger charge is -2.42. The van der Waals surface area contributed by atoms with Crippen molar-refractivity contribution in [1.82, 2.24) is 46.0 Å². The molecule has 0 aliphatic carbocycles. The van der Waals surface area contributed by atoms with Gasteiger partial charge < -0.3 is 41.2 Å². The molecule has 5 rings (SSSR count). The molecule has 2 heterocycles. The molecular weight excluding hydrogens is 877 g/mol. The number of hydrogen-bond acceptors (Lipinski definition) is 12. The van der Waals surface area contributed by atoms with Crippen LogP contribution >= 0.6 is 0 Å². The molecule has 0 fully saturated rings. The van der Waals surface area contributed by atoms with Gasteiger partial charge >= 0.3 is 7.48 Å². The summed E-state index contributed by atoms with van der Waals surface area (Å²) in [5.74, 6) is -2.19. The Morgan fingerprint density at radius 1 is 0.812 bits per heavy atom. The number of hydrogen-bond donors (Lipinski definition) is 7. The highest BCUT2D eigenvalue weighted by Crippen LogP contribution is 2.38. The summed E-state index contributed by atoms with van der Waals surface area (Å²) in [6, 6.07) is 18.0. The summed E-state index contributed by atoms with van der Waals surface area (Å²) in [6.07, 6.45) is 8.59. The van der Waals surface area contributed by atoms with Gasteiger partial charge in [-0.1, -0.05) is 77.3 Å². The van der Waals surface area contributed by atoms with Crippen LogP contribution in [0.25, 0.3) is 17.1 Å². The average molecular weight is 945 g/mol. The number of unbranched alkanes of at least 4 members (excludes halogenated alkanes) is 3. The number of aromatic hydroxyl groups is 2. The lowest BCUT2D eigenvalue weighted by Crippen LogP contribution is -2.56. The smallest absolute Gasteiger partial charge is 0.317 e. The van der Waals surface area contributed by atoms with Gasteiger partial charge in [-0.25, -0.2) is 4.98 Å². The second-order valence-corrected chi connectivity index (χ2v) is 18.7. The number of aromatic nitrogens is 5. The van der Waals surface area contributed by atoms with Crippen molar-refractivity contribution >= 4 is 31.1 Å². The van der Waals surface area contributed by atoms with Crippen LogP contribution in [0.1, 0.15) is 142 Å². The van der Waals surface area contributed by atoms with Crippen LogP contribution in [0, 0.1) is 5.92 Å². The van der Waals surface area contributed by atoms with Gasteiger partial charge in [0.05, 0.1) is 23.0 Å². The van der Waals surface area contributed by atoms with Crippen molar-refractivity contribution in [3.63, 3.8) is 0 Å². The van der Waals surface area contributed by atoms with Gasteiger partial charge in [-0.2, -0.15) is 0 Å². The molecule has 0 bridgehead atoms. The normalized spacial score (nSPS) is 13.3. The molecule has 4 amide bonds. The molecule has 18 heteroatoms. The first-order valence-electron chi connectivity index (χ1n) is 23.6. The summed E-state index contributed by atoms with van der Waals surface area (Å²) in [5.41, 5.74) is 0.465. The molecule has 17 nitrogen and oxygen atoms in total. The first-order valence-corrected chi connectivity index (χ1v) is 23.6. The van der Waals surface area contributed by atoms with Gasteiger partial charge in [0.25, 0.3) is 17.7 Å². The van der Waals surface area contributed by atoms with Crippen LogP contribution in [0.4, 0.5) is 0 Å². The van der Waals surface area contributed by atoms with Gasteiger partial charge in [0, 0.05) is 55.2 Å². The maximum atomic E-state index is 13.9. The second kappa shape index (κ2) is 24.6. The van der Waals surface area contributed by atoms with Crippen molar-refractivity contribution in [3.8, 4) is 28.6 Å². The van der Waals surface area contributed by atoms with E-state index in [4.69, 9.17) is 4.65 Å². The Hall–Kier alpha value is -6.66. The van der Waals surface area contributed by atoms with E-state index in [1.807, 2.05) is 65.0 Å². The Balaban J connectivity index is 1.15. The van der Waals surface area contributed by atoms with Crippen LogP contribution < -0.4 is 21.3 Å². The van der Waals surface area contributed by atoms with Crippen molar-refractivity contribution in [1.29, 1.82) is 0 Å². The summed E-state index contributed by atoms with van der Waals surface area (Å²) >= 11 is 0. The summed E-state index contributed by atoms with van der Waals surface area (Å²) in [5, 5.41) is 52.7. The third kappa shape index (κ3) is 14.7. The van der Waals surface area contributed by atoms with Gasteiger partial charge in [0.1, 0.15) is 23.2 Å². The van der Waals surface area contributed by atoms with Crippen molar-refractivity contribution in [3.05, 3.63) is 114 Å². The molecule has 69 heavy (non-hydrogen) atoms.